The van der Waals surface area contributed by atoms with Crippen LogP contribution in [-0.2, 0) is 9.53 Å². The second kappa shape index (κ2) is 6.23. The van der Waals surface area contributed by atoms with Crippen LogP contribution in [0.3, 0.4) is 0 Å². The van der Waals surface area contributed by atoms with Crippen molar-refractivity contribution in [1.82, 2.24) is 10.2 Å². The summed E-state index contributed by atoms with van der Waals surface area (Å²) in [4.78, 5) is 25.0. The molecule has 1 aliphatic carbocycles. The molecule has 0 bridgehead atoms. The van der Waals surface area contributed by atoms with Crippen LogP contribution in [0, 0.1) is 5.92 Å². The lowest BCUT2D eigenvalue weighted by atomic mass is 10.1. The van der Waals surface area contributed by atoms with Gasteiger partial charge in [-0.2, -0.15) is 0 Å². The minimum atomic E-state index is -1.27. The van der Waals surface area contributed by atoms with E-state index in [-0.39, 0.29) is 12.1 Å². The molecule has 1 aliphatic rings. The first-order valence-electron chi connectivity index (χ1n) is 6.60. The molecular weight excluding hydrogens is 248 g/mol. The van der Waals surface area contributed by atoms with E-state index in [2.05, 4.69) is 5.32 Å². The summed E-state index contributed by atoms with van der Waals surface area (Å²) in [5.41, 5.74) is -1.27. The highest BCUT2D eigenvalue weighted by molar-refractivity contribution is 5.85. The second-order valence-corrected chi connectivity index (χ2v) is 5.62. The Bertz CT molecular complexity index is 340. The highest BCUT2D eigenvalue weighted by Gasteiger charge is 2.37. The van der Waals surface area contributed by atoms with Gasteiger partial charge in [0.1, 0.15) is 5.54 Å². The maximum Gasteiger partial charge on any atom is 0.328 e. The summed E-state index contributed by atoms with van der Waals surface area (Å²) in [6.45, 7) is 5.86. The predicted molar refractivity (Wildman–Crippen MR) is 71.0 cm³/mol. The highest BCUT2D eigenvalue weighted by Crippen LogP contribution is 2.35. The molecule has 0 aromatic carbocycles. The fourth-order valence-electron chi connectivity index (χ4n) is 1.91. The maximum atomic E-state index is 12.2. The number of nitrogens with one attached hydrogen (secondary N) is 1. The molecule has 0 saturated heterocycles. The Morgan fingerprint density at radius 3 is 2.47 bits per heavy atom. The molecule has 1 atom stereocenters. The van der Waals surface area contributed by atoms with E-state index < -0.39 is 11.5 Å². The van der Waals surface area contributed by atoms with E-state index >= 15 is 0 Å². The number of nitrogens with zero attached hydrogens (tertiary/aromatic N) is 1. The number of carbonyl (C=O) groups is 2. The molecule has 0 heterocycles. The third kappa shape index (κ3) is 4.38. The molecule has 0 aromatic rings. The van der Waals surface area contributed by atoms with Crippen molar-refractivity contribution in [1.29, 1.82) is 0 Å². The van der Waals surface area contributed by atoms with Gasteiger partial charge >= 0.3 is 12.0 Å². The van der Waals surface area contributed by atoms with Gasteiger partial charge in [-0.3, -0.25) is 0 Å². The Labute approximate surface area is 114 Å². The number of hydrogen-bond donors (Lipinski definition) is 2. The predicted octanol–water partition coefficient (Wildman–Crippen LogP) is 1.31. The van der Waals surface area contributed by atoms with Gasteiger partial charge in [0.2, 0.25) is 0 Å². The normalized spacial score (nSPS) is 16.8. The Morgan fingerprint density at radius 1 is 1.47 bits per heavy atom. The van der Waals surface area contributed by atoms with Crippen LogP contribution in [0.5, 0.6) is 0 Å². The Hall–Kier alpha value is -1.30. The Kier molecular flexibility index (Phi) is 5.17. The van der Waals surface area contributed by atoms with Crippen molar-refractivity contribution in [2.75, 3.05) is 20.3 Å². The summed E-state index contributed by atoms with van der Waals surface area (Å²) in [6, 6.07) is -0.233. The van der Waals surface area contributed by atoms with Crippen molar-refractivity contribution in [3.63, 3.8) is 0 Å². The van der Waals surface area contributed by atoms with Gasteiger partial charge in [0.15, 0.2) is 0 Å². The molecule has 0 aliphatic heterocycles. The Morgan fingerprint density at radius 2 is 2.05 bits per heavy atom. The molecule has 6 nitrogen and oxygen atoms in total. The topological polar surface area (TPSA) is 78.9 Å². The molecule has 0 spiro atoms. The number of methoxy groups -OCH3 is 1. The number of carboxylic acid groups (broad SMARTS) is 1. The van der Waals surface area contributed by atoms with Crippen LogP contribution in [-0.4, -0.2) is 53.8 Å². The van der Waals surface area contributed by atoms with E-state index in [1.165, 1.54) is 13.8 Å². The summed E-state index contributed by atoms with van der Waals surface area (Å²) in [6.07, 6.45) is 2.25. The van der Waals surface area contributed by atoms with E-state index in [4.69, 9.17) is 9.84 Å². The zero-order chi connectivity index (χ0) is 14.6. The summed E-state index contributed by atoms with van der Waals surface area (Å²) in [5.74, 6) is -0.526. The molecule has 1 saturated carbocycles. The number of aliphatic carboxylic acids is 1. The van der Waals surface area contributed by atoms with Gasteiger partial charge in [-0.05, 0) is 39.5 Å². The molecule has 110 valence electrons. The zero-order valence-electron chi connectivity index (χ0n) is 12.1. The van der Waals surface area contributed by atoms with Gasteiger partial charge in [-0.1, -0.05) is 0 Å². The summed E-state index contributed by atoms with van der Waals surface area (Å²) >= 11 is 0. The van der Waals surface area contributed by atoms with Crippen LogP contribution in [0.2, 0.25) is 0 Å². The number of ether oxygens (including phenoxy) is 1. The van der Waals surface area contributed by atoms with Gasteiger partial charge in [0.25, 0.3) is 0 Å². The minimum Gasteiger partial charge on any atom is -0.480 e. The van der Waals surface area contributed by atoms with Crippen molar-refractivity contribution >= 4 is 12.0 Å². The van der Waals surface area contributed by atoms with Gasteiger partial charge in [-0.15, -0.1) is 0 Å². The van der Waals surface area contributed by atoms with Gasteiger partial charge < -0.3 is 20.1 Å². The molecular formula is C13H24N2O4. The number of hydrogen-bond acceptors (Lipinski definition) is 3. The Balaban J connectivity index is 2.67. The number of amides is 2. The number of carbonyl (C=O) groups excluding carboxylic acids is 1. The molecule has 0 radical (unpaired) electrons. The van der Waals surface area contributed by atoms with Crippen molar-refractivity contribution in [2.45, 2.75) is 45.2 Å². The SMILES string of the molecule is COCCN(C(=O)NC(C)(C)C(=O)O)C(C)C1CC1. The fraction of sp³-hybridized carbons (Fsp3) is 0.846. The van der Waals surface area contributed by atoms with Crippen molar-refractivity contribution in [3.05, 3.63) is 0 Å². The maximum absolute atomic E-state index is 12.2. The van der Waals surface area contributed by atoms with Gasteiger partial charge in [0, 0.05) is 19.7 Å². The first-order valence-corrected chi connectivity index (χ1v) is 6.60. The standard InChI is InChI=1S/C13H24N2O4/c1-9(10-5-6-10)15(7-8-19-4)12(18)14-13(2,3)11(16)17/h9-10H,5-8H2,1-4H3,(H,14,18)(H,16,17). The van der Waals surface area contributed by atoms with Crippen LogP contribution in [0.4, 0.5) is 4.79 Å². The molecule has 1 rings (SSSR count). The lowest BCUT2D eigenvalue weighted by molar-refractivity contribution is -0.143. The molecule has 19 heavy (non-hydrogen) atoms. The van der Waals surface area contributed by atoms with E-state index in [0.717, 1.165) is 12.8 Å². The fourth-order valence-corrected chi connectivity index (χ4v) is 1.91. The van der Waals surface area contributed by atoms with Gasteiger partial charge in [0.05, 0.1) is 6.61 Å². The monoisotopic (exact) mass is 272 g/mol. The van der Waals surface area contributed by atoms with Crippen LogP contribution >= 0.6 is 0 Å². The second-order valence-electron chi connectivity index (χ2n) is 5.62. The van der Waals surface area contributed by atoms with Crippen molar-refractivity contribution in [3.8, 4) is 0 Å². The smallest absolute Gasteiger partial charge is 0.328 e. The zero-order valence-corrected chi connectivity index (χ0v) is 12.1. The summed E-state index contributed by atoms with van der Waals surface area (Å²) < 4.78 is 5.01. The van der Waals surface area contributed by atoms with Crippen LogP contribution in [0.15, 0.2) is 0 Å². The quantitative estimate of drug-likeness (QED) is 0.732. The number of rotatable bonds is 7. The molecule has 0 aromatic heterocycles. The van der Waals surface area contributed by atoms with Crippen molar-refractivity contribution in [2.24, 2.45) is 5.92 Å². The van der Waals surface area contributed by atoms with Crippen LogP contribution in [0.25, 0.3) is 0 Å². The van der Waals surface area contributed by atoms with E-state index in [9.17, 15) is 9.59 Å². The lowest BCUT2D eigenvalue weighted by Crippen LogP contribution is -2.56. The van der Waals surface area contributed by atoms with Gasteiger partial charge in [-0.25, -0.2) is 9.59 Å². The third-order valence-corrected chi connectivity index (χ3v) is 3.55. The minimum absolute atomic E-state index is 0.111. The number of carboxylic acids is 1. The molecule has 2 amide bonds. The summed E-state index contributed by atoms with van der Waals surface area (Å²) in [7, 11) is 1.58. The van der Waals surface area contributed by atoms with E-state index in [1.807, 2.05) is 6.92 Å². The van der Waals surface area contributed by atoms with E-state index in [1.54, 1.807) is 12.0 Å². The molecule has 1 unspecified atom stereocenters. The average molecular weight is 272 g/mol. The average Bonchev–Trinajstić information content (AvgIpc) is 3.12. The lowest BCUT2D eigenvalue weighted by Gasteiger charge is -2.32. The number of urea groups is 1. The first kappa shape index (κ1) is 15.8. The molecule has 1 fully saturated rings. The van der Waals surface area contributed by atoms with Crippen LogP contribution < -0.4 is 5.32 Å². The van der Waals surface area contributed by atoms with Crippen LogP contribution in [0.1, 0.15) is 33.6 Å². The van der Waals surface area contributed by atoms with Crippen molar-refractivity contribution < 1.29 is 19.4 Å². The third-order valence-electron chi connectivity index (χ3n) is 3.55. The summed E-state index contributed by atoms with van der Waals surface area (Å²) in [5, 5.41) is 11.6. The van der Waals surface area contributed by atoms with E-state index in [0.29, 0.717) is 19.1 Å². The first-order chi connectivity index (χ1) is 8.79. The molecule has 6 heteroatoms. The highest BCUT2D eigenvalue weighted by atomic mass is 16.5. The largest absolute Gasteiger partial charge is 0.480 e. The molecule has 2 N–H and O–H groups in total.